The number of alkyl halides is 2. The number of carbonyl (C=O) groups is 1. The fraction of sp³-hybridized carbons (Fsp3) is 0.222. The Morgan fingerprint density at radius 1 is 1.14 bits per heavy atom. The maximum atomic E-state index is 13.7. The first-order valence-electron chi connectivity index (χ1n) is 12.0. The minimum Gasteiger partial charge on any atom is -0.455 e. The van der Waals surface area contributed by atoms with E-state index in [2.05, 4.69) is 21.2 Å². The third-order valence-corrected chi connectivity index (χ3v) is 8.21. The molecule has 1 aromatic heterocycles. The van der Waals surface area contributed by atoms with E-state index in [9.17, 15) is 26.4 Å². The summed E-state index contributed by atoms with van der Waals surface area (Å²) in [5.41, 5.74) is 1.53. The monoisotopic (exact) mass is 675 g/mol. The number of rotatable bonds is 7. The fourth-order valence-electron chi connectivity index (χ4n) is 4.54. The molecular formula is C27H22BrF3N3NaO6S. The summed E-state index contributed by atoms with van der Waals surface area (Å²) in [6, 6.07) is 12.7. The SMILES string of the molecule is CNC(=O)c1c(-c2ccc(F)cc2)oc2cc(N(c3ccc(Br)c(C(F)F)c3)S(C)(=O)=O)c(C3CC3)cc12.O=N[O-].[Na+]. The van der Waals surface area contributed by atoms with E-state index in [-0.39, 0.29) is 73.8 Å². The van der Waals surface area contributed by atoms with Gasteiger partial charge in [0.1, 0.15) is 17.2 Å². The van der Waals surface area contributed by atoms with Crippen LogP contribution in [0.4, 0.5) is 24.5 Å². The largest absolute Gasteiger partial charge is 1.00 e. The second kappa shape index (κ2) is 13.6. The van der Waals surface area contributed by atoms with Gasteiger partial charge in [-0.3, -0.25) is 4.79 Å². The standard InChI is InChI=1S/C27H22BrF3N2O4S.HNO2.Na/c1-32-27(34)24-20-12-18(14-3-4-14)22(13-23(20)37-25(24)15-5-7-16(29)8-6-15)33(38(2,35)36)17-9-10-21(28)19(11-17)26(30)31;2-1-3;/h5-14,26H,3-4H2,1-2H3,(H,32,34);(H,2,3);/q;;+1/p-1. The van der Waals surface area contributed by atoms with Gasteiger partial charge in [-0.15, -0.1) is 5.34 Å². The Morgan fingerprint density at radius 2 is 1.76 bits per heavy atom. The number of fused-ring (bicyclic) bond motifs is 1. The zero-order valence-electron chi connectivity index (χ0n) is 22.5. The van der Waals surface area contributed by atoms with E-state index in [1.807, 2.05) is 0 Å². The van der Waals surface area contributed by atoms with E-state index in [0.717, 1.165) is 34.8 Å². The molecule has 42 heavy (non-hydrogen) atoms. The molecule has 1 aliphatic rings. The van der Waals surface area contributed by atoms with Crippen molar-refractivity contribution in [2.24, 2.45) is 5.34 Å². The van der Waals surface area contributed by atoms with Crippen LogP contribution < -0.4 is 39.2 Å². The van der Waals surface area contributed by atoms with Gasteiger partial charge in [0.25, 0.3) is 12.3 Å². The number of hydrogen-bond acceptors (Lipinski definition) is 7. The molecule has 0 atom stereocenters. The average Bonchev–Trinajstić information content (AvgIpc) is 3.69. The quantitative estimate of drug-likeness (QED) is 0.174. The van der Waals surface area contributed by atoms with Crippen molar-refractivity contribution < 1.29 is 60.4 Å². The molecule has 1 N–H and O–H groups in total. The van der Waals surface area contributed by atoms with Crippen LogP contribution in [0.15, 0.2) is 68.8 Å². The van der Waals surface area contributed by atoms with Gasteiger partial charge >= 0.3 is 29.6 Å². The van der Waals surface area contributed by atoms with Crippen LogP contribution in [0.5, 0.6) is 0 Å². The van der Waals surface area contributed by atoms with Gasteiger partial charge in [-0.1, -0.05) is 15.9 Å². The Kier molecular flexibility index (Phi) is 10.9. The first kappa shape index (κ1) is 33.6. The molecule has 0 bridgehead atoms. The summed E-state index contributed by atoms with van der Waals surface area (Å²) in [4.78, 5) is 21.0. The third-order valence-electron chi connectivity index (χ3n) is 6.41. The zero-order valence-corrected chi connectivity index (χ0v) is 26.9. The van der Waals surface area contributed by atoms with Crippen molar-refractivity contribution in [2.45, 2.75) is 25.2 Å². The molecule has 1 amide bonds. The van der Waals surface area contributed by atoms with Gasteiger partial charge in [-0.2, -0.15) is 0 Å². The van der Waals surface area contributed by atoms with Crippen molar-refractivity contribution in [3.05, 3.63) is 91.7 Å². The van der Waals surface area contributed by atoms with E-state index in [4.69, 9.17) is 14.5 Å². The molecule has 9 nitrogen and oxygen atoms in total. The van der Waals surface area contributed by atoms with Gasteiger partial charge in [0.05, 0.1) is 23.2 Å². The molecule has 0 saturated heterocycles. The Bertz CT molecular complexity index is 1730. The van der Waals surface area contributed by atoms with Crippen molar-refractivity contribution in [1.29, 1.82) is 0 Å². The Balaban J connectivity index is 0.00000116. The molecule has 0 spiro atoms. The second-order valence-electron chi connectivity index (χ2n) is 9.18. The van der Waals surface area contributed by atoms with Crippen molar-refractivity contribution in [3.8, 4) is 11.3 Å². The number of hydrogen-bond donors (Lipinski definition) is 1. The smallest absolute Gasteiger partial charge is 0.455 e. The molecule has 1 aliphatic carbocycles. The number of furan rings is 1. The van der Waals surface area contributed by atoms with E-state index in [1.165, 1.54) is 49.5 Å². The topological polar surface area (TPSA) is 132 Å². The molecule has 15 heteroatoms. The van der Waals surface area contributed by atoms with E-state index in [0.29, 0.717) is 16.5 Å². The summed E-state index contributed by atoms with van der Waals surface area (Å²) in [7, 11) is -2.52. The van der Waals surface area contributed by atoms with E-state index in [1.54, 1.807) is 6.07 Å². The Labute approximate surface area is 269 Å². The van der Waals surface area contributed by atoms with E-state index < -0.39 is 28.2 Å². The number of nitrogens with zero attached hydrogens (tertiary/aromatic N) is 2. The number of halogens is 4. The predicted octanol–water partition coefficient (Wildman–Crippen LogP) is 4.53. The molecule has 5 rings (SSSR count). The summed E-state index contributed by atoms with van der Waals surface area (Å²) >= 11 is 3.10. The summed E-state index contributed by atoms with van der Waals surface area (Å²) in [6.07, 6.45) is -0.220. The molecule has 0 unspecified atom stereocenters. The molecular weight excluding hydrogens is 654 g/mol. The Hall–Kier alpha value is -2.91. The van der Waals surface area contributed by atoms with E-state index >= 15 is 0 Å². The third kappa shape index (κ3) is 7.00. The first-order chi connectivity index (χ1) is 19.4. The van der Waals surface area contributed by atoms with Crippen LogP contribution in [0.3, 0.4) is 0 Å². The summed E-state index contributed by atoms with van der Waals surface area (Å²) < 4.78 is 74.4. The Morgan fingerprint density at radius 3 is 2.29 bits per heavy atom. The normalized spacial score (nSPS) is 12.7. The van der Waals surface area contributed by atoms with Crippen molar-refractivity contribution in [2.75, 3.05) is 17.6 Å². The average molecular weight is 676 g/mol. The maximum absolute atomic E-state index is 13.7. The number of benzene rings is 3. The molecule has 1 heterocycles. The minimum absolute atomic E-state index is 0. The van der Waals surface area contributed by atoms with Crippen molar-refractivity contribution in [3.63, 3.8) is 0 Å². The van der Waals surface area contributed by atoms with Gasteiger partial charge in [0.2, 0.25) is 10.0 Å². The maximum Gasteiger partial charge on any atom is 1.00 e. The second-order valence-corrected chi connectivity index (χ2v) is 11.9. The van der Waals surface area contributed by atoms with Gasteiger partial charge in [-0.05, 0) is 72.9 Å². The molecule has 0 radical (unpaired) electrons. The summed E-state index contributed by atoms with van der Waals surface area (Å²) in [5.74, 6) is -0.656. The predicted molar refractivity (Wildman–Crippen MR) is 152 cm³/mol. The van der Waals surface area contributed by atoms with Crippen LogP contribution in [0.2, 0.25) is 0 Å². The molecule has 0 aliphatic heterocycles. The van der Waals surface area contributed by atoms with Gasteiger partial charge in [-0.25, -0.2) is 25.9 Å². The summed E-state index contributed by atoms with van der Waals surface area (Å²) in [5, 5.41) is 12.1. The van der Waals surface area contributed by atoms with Gasteiger partial charge in [0.15, 0.2) is 0 Å². The number of carbonyl (C=O) groups excluding carboxylic acids is 1. The van der Waals surface area contributed by atoms with Crippen LogP contribution >= 0.6 is 15.9 Å². The fourth-order valence-corrected chi connectivity index (χ4v) is 5.97. The number of nitrogens with one attached hydrogen (secondary N) is 1. The van der Waals surface area contributed by atoms with Crippen LogP contribution in [0, 0.1) is 15.9 Å². The number of anilines is 2. The zero-order chi connectivity index (χ0) is 30.1. The molecule has 3 aromatic carbocycles. The molecule has 4 aromatic rings. The van der Waals surface area contributed by atoms with Crippen molar-refractivity contribution >= 4 is 54.2 Å². The molecule has 216 valence electrons. The molecule has 1 saturated carbocycles. The van der Waals surface area contributed by atoms with Crippen LogP contribution in [0.1, 0.15) is 46.7 Å². The van der Waals surface area contributed by atoms with Crippen molar-refractivity contribution in [1.82, 2.24) is 5.32 Å². The van der Waals surface area contributed by atoms with Crippen LogP contribution in [0.25, 0.3) is 22.3 Å². The minimum atomic E-state index is -3.99. The number of sulfonamides is 1. The first-order valence-corrected chi connectivity index (χ1v) is 14.7. The number of amides is 1. The van der Waals surface area contributed by atoms with Crippen LogP contribution in [-0.2, 0) is 10.0 Å². The van der Waals surface area contributed by atoms with Gasteiger partial charge < -0.3 is 19.8 Å². The van der Waals surface area contributed by atoms with Crippen LogP contribution in [-0.4, -0.2) is 27.6 Å². The molecule has 1 fully saturated rings. The van der Waals surface area contributed by atoms with Gasteiger partial charge in [0, 0.05) is 34.1 Å². The summed E-state index contributed by atoms with van der Waals surface area (Å²) in [6.45, 7) is 0.